The Hall–Kier alpha value is -1.79. The molecule has 0 aliphatic carbocycles. The van der Waals surface area contributed by atoms with E-state index in [2.05, 4.69) is 5.32 Å². The molecule has 0 saturated carbocycles. The first kappa shape index (κ1) is 13.6. The Morgan fingerprint density at radius 2 is 1.95 bits per heavy atom. The number of rotatable bonds is 2. The summed E-state index contributed by atoms with van der Waals surface area (Å²) in [4.78, 5) is 10.8. The van der Waals surface area contributed by atoms with E-state index in [9.17, 15) is 18.3 Å². The maximum Gasteiger partial charge on any atom is 0.261 e. The van der Waals surface area contributed by atoms with Gasteiger partial charge in [0.25, 0.3) is 9.05 Å². The maximum absolute atomic E-state index is 11.3. The van der Waals surface area contributed by atoms with Gasteiger partial charge in [0.2, 0.25) is 5.91 Å². The summed E-state index contributed by atoms with van der Waals surface area (Å²) < 4.78 is 22.6. The number of nitrogens with one attached hydrogen (secondary N) is 1. The topological polar surface area (TPSA) is 83.5 Å². The van der Waals surface area contributed by atoms with E-state index < -0.39 is 9.05 Å². The molecular weight excluding hydrogens is 290 g/mol. The zero-order chi connectivity index (χ0) is 14.2. The van der Waals surface area contributed by atoms with Crippen LogP contribution in [0.3, 0.4) is 0 Å². The molecular formula is C12H10ClNO4S. The molecule has 0 saturated heterocycles. The van der Waals surface area contributed by atoms with Crippen molar-refractivity contribution >= 4 is 42.1 Å². The van der Waals surface area contributed by atoms with E-state index in [1.165, 1.54) is 13.0 Å². The second-order valence-corrected chi connectivity index (χ2v) is 6.56. The molecule has 100 valence electrons. The molecule has 0 radical (unpaired) electrons. The fourth-order valence-corrected chi connectivity index (χ4v) is 2.53. The third kappa shape index (κ3) is 2.97. The van der Waals surface area contributed by atoms with Crippen LogP contribution in [0.2, 0.25) is 0 Å². The summed E-state index contributed by atoms with van der Waals surface area (Å²) in [6.45, 7) is 1.36. The van der Waals surface area contributed by atoms with Crippen LogP contribution in [-0.2, 0) is 13.8 Å². The molecule has 7 heteroatoms. The SMILES string of the molecule is CC(=O)Nc1ccc2c(O)cc(S(=O)(=O)Cl)cc2c1. The molecule has 0 aromatic heterocycles. The molecule has 0 spiro atoms. The van der Waals surface area contributed by atoms with Gasteiger partial charge >= 0.3 is 0 Å². The highest BCUT2D eigenvalue weighted by Crippen LogP contribution is 2.31. The van der Waals surface area contributed by atoms with Crippen LogP contribution in [0.1, 0.15) is 6.92 Å². The maximum atomic E-state index is 11.3. The number of hydrogen-bond donors (Lipinski definition) is 2. The molecule has 5 nitrogen and oxygen atoms in total. The lowest BCUT2D eigenvalue weighted by Crippen LogP contribution is -2.05. The summed E-state index contributed by atoms with van der Waals surface area (Å²) >= 11 is 0. The highest BCUT2D eigenvalue weighted by Gasteiger charge is 2.13. The van der Waals surface area contributed by atoms with Crippen LogP contribution < -0.4 is 5.32 Å². The zero-order valence-electron chi connectivity index (χ0n) is 9.84. The number of phenolic OH excluding ortho intramolecular Hbond substituents is 1. The van der Waals surface area contributed by atoms with E-state index in [1.807, 2.05) is 0 Å². The number of anilines is 1. The van der Waals surface area contributed by atoms with Crippen LogP contribution in [0, 0.1) is 0 Å². The van der Waals surface area contributed by atoms with E-state index in [4.69, 9.17) is 10.7 Å². The van der Waals surface area contributed by atoms with Gasteiger partial charge in [-0.15, -0.1) is 0 Å². The van der Waals surface area contributed by atoms with Crippen molar-refractivity contribution < 1.29 is 18.3 Å². The summed E-state index contributed by atoms with van der Waals surface area (Å²) in [5.74, 6) is -0.434. The summed E-state index contributed by atoms with van der Waals surface area (Å²) in [6, 6.07) is 7.17. The number of carbonyl (C=O) groups is 1. The van der Waals surface area contributed by atoms with E-state index in [0.717, 1.165) is 6.07 Å². The minimum atomic E-state index is -3.93. The Kier molecular flexibility index (Phi) is 3.38. The van der Waals surface area contributed by atoms with E-state index >= 15 is 0 Å². The van der Waals surface area contributed by atoms with E-state index in [0.29, 0.717) is 16.5 Å². The molecule has 0 bridgehead atoms. The quantitative estimate of drug-likeness (QED) is 0.834. The third-order valence-corrected chi connectivity index (χ3v) is 3.84. The fraction of sp³-hybridized carbons (Fsp3) is 0.0833. The number of phenols is 1. The van der Waals surface area contributed by atoms with Gasteiger partial charge in [-0.3, -0.25) is 4.79 Å². The first-order valence-electron chi connectivity index (χ1n) is 5.26. The van der Waals surface area contributed by atoms with E-state index in [-0.39, 0.29) is 16.6 Å². The molecule has 0 aliphatic heterocycles. The number of amides is 1. The number of benzene rings is 2. The van der Waals surface area contributed by atoms with Crippen LogP contribution in [0.25, 0.3) is 10.8 Å². The Bertz CT molecular complexity index is 771. The second-order valence-electron chi connectivity index (χ2n) is 4.00. The Morgan fingerprint density at radius 3 is 2.53 bits per heavy atom. The Balaban J connectivity index is 2.66. The van der Waals surface area contributed by atoms with Gasteiger partial charge in [0, 0.05) is 34.7 Å². The smallest absolute Gasteiger partial charge is 0.261 e. The highest BCUT2D eigenvalue weighted by molar-refractivity contribution is 8.13. The average Bonchev–Trinajstić information content (AvgIpc) is 2.26. The van der Waals surface area contributed by atoms with Crippen molar-refractivity contribution in [2.24, 2.45) is 0 Å². The first-order valence-corrected chi connectivity index (χ1v) is 7.57. The van der Waals surface area contributed by atoms with Gasteiger partial charge in [-0.05, 0) is 29.7 Å². The predicted molar refractivity (Wildman–Crippen MR) is 73.0 cm³/mol. The first-order chi connectivity index (χ1) is 8.77. The lowest BCUT2D eigenvalue weighted by molar-refractivity contribution is -0.114. The average molecular weight is 300 g/mol. The van der Waals surface area contributed by atoms with Gasteiger partial charge in [-0.1, -0.05) is 0 Å². The molecule has 0 aliphatic rings. The van der Waals surface area contributed by atoms with Crippen molar-refractivity contribution in [3.8, 4) is 5.75 Å². The van der Waals surface area contributed by atoms with Crippen LogP contribution in [0.4, 0.5) is 5.69 Å². The monoisotopic (exact) mass is 299 g/mol. The normalized spacial score (nSPS) is 11.5. The zero-order valence-corrected chi connectivity index (χ0v) is 11.4. The molecule has 0 fully saturated rings. The Labute approximate surface area is 114 Å². The van der Waals surface area contributed by atoms with Gasteiger partial charge < -0.3 is 10.4 Å². The molecule has 2 N–H and O–H groups in total. The Morgan fingerprint density at radius 1 is 1.26 bits per heavy atom. The molecule has 0 atom stereocenters. The number of hydrogen-bond acceptors (Lipinski definition) is 4. The van der Waals surface area contributed by atoms with Gasteiger partial charge in [-0.25, -0.2) is 8.42 Å². The van der Waals surface area contributed by atoms with Gasteiger partial charge in [0.05, 0.1) is 4.90 Å². The van der Waals surface area contributed by atoms with Gasteiger partial charge in [-0.2, -0.15) is 0 Å². The predicted octanol–water partition coefficient (Wildman–Crippen LogP) is 2.43. The molecule has 1 amide bonds. The van der Waals surface area contributed by atoms with Crippen LogP contribution in [0.5, 0.6) is 5.75 Å². The third-order valence-electron chi connectivity index (χ3n) is 2.51. The second kappa shape index (κ2) is 4.71. The fourth-order valence-electron chi connectivity index (χ4n) is 1.74. The number of carbonyl (C=O) groups excluding carboxylic acids is 1. The van der Waals surface area contributed by atoms with Crippen LogP contribution in [-0.4, -0.2) is 19.4 Å². The van der Waals surface area contributed by atoms with Crippen LogP contribution >= 0.6 is 10.7 Å². The summed E-state index contributed by atoms with van der Waals surface area (Å²) in [6.07, 6.45) is 0. The van der Waals surface area contributed by atoms with Gasteiger partial charge in [0.1, 0.15) is 5.75 Å². The molecule has 19 heavy (non-hydrogen) atoms. The minimum absolute atomic E-state index is 0.189. The van der Waals surface area contributed by atoms with Crippen molar-refractivity contribution in [3.63, 3.8) is 0 Å². The molecule has 2 aromatic rings. The molecule has 0 heterocycles. The lowest BCUT2D eigenvalue weighted by atomic mass is 10.1. The number of fused-ring (bicyclic) bond motifs is 1. The summed E-state index contributed by atoms with van der Waals surface area (Å²) in [5.41, 5.74) is 0.503. The molecule has 2 aromatic carbocycles. The standard InChI is InChI=1S/C12H10ClNO4S/c1-7(15)14-9-2-3-11-8(4-9)5-10(6-12(11)16)19(13,17)18/h2-6,16H,1H3,(H,14,15). The highest BCUT2D eigenvalue weighted by atomic mass is 35.7. The van der Waals surface area contributed by atoms with Crippen molar-refractivity contribution in [1.82, 2.24) is 0 Å². The van der Waals surface area contributed by atoms with E-state index in [1.54, 1.807) is 18.2 Å². The summed E-state index contributed by atoms with van der Waals surface area (Å²) in [5, 5.41) is 13.3. The van der Waals surface area contributed by atoms with Crippen molar-refractivity contribution in [3.05, 3.63) is 30.3 Å². The largest absolute Gasteiger partial charge is 0.507 e. The van der Waals surface area contributed by atoms with Crippen LogP contribution in [0.15, 0.2) is 35.2 Å². The minimum Gasteiger partial charge on any atom is -0.507 e. The lowest BCUT2D eigenvalue weighted by Gasteiger charge is -2.07. The molecule has 2 rings (SSSR count). The number of halogens is 1. The van der Waals surface area contributed by atoms with Crippen molar-refractivity contribution in [2.45, 2.75) is 11.8 Å². The van der Waals surface area contributed by atoms with Crippen molar-refractivity contribution in [2.75, 3.05) is 5.32 Å². The summed E-state index contributed by atoms with van der Waals surface area (Å²) in [7, 11) is 1.32. The van der Waals surface area contributed by atoms with Crippen molar-refractivity contribution in [1.29, 1.82) is 0 Å². The molecule has 0 unspecified atom stereocenters. The number of aromatic hydroxyl groups is 1. The van der Waals surface area contributed by atoms with Gasteiger partial charge in [0.15, 0.2) is 0 Å².